The second-order valence-electron chi connectivity index (χ2n) is 13.8. The van der Waals surface area contributed by atoms with Crippen molar-refractivity contribution < 1.29 is 37.8 Å². The first-order valence-corrected chi connectivity index (χ1v) is 20.2. The summed E-state index contributed by atoms with van der Waals surface area (Å²) in [6.07, 6.45) is 7.65. The molecule has 2 aliphatic rings. The molecule has 0 saturated heterocycles. The predicted molar refractivity (Wildman–Crippen MR) is 204 cm³/mol. The molecule has 13 heteroatoms. The molecule has 1 saturated carbocycles. The lowest BCUT2D eigenvalue weighted by Gasteiger charge is -2.32. The summed E-state index contributed by atoms with van der Waals surface area (Å²) < 4.78 is 28.5. The molecular formula is C40H43N3O8S2. The Hall–Kier alpha value is -4.85. The lowest BCUT2D eigenvalue weighted by molar-refractivity contribution is -0.143. The lowest BCUT2D eigenvalue weighted by atomic mass is 9.86. The van der Waals surface area contributed by atoms with Crippen molar-refractivity contribution in [1.82, 2.24) is 4.31 Å². The van der Waals surface area contributed by atoms with E-state index in [0.717, 1.165) is 66.5 Å². The summed E-state index contributed by atoms with van der Waals surface area (Å²) in [6, 6.07) is 20.0. The summed E-state index contributed by atoms with van der Waals surface area (Å²) >= 11 is 1.38. The van der Waals surface area contributed by atoms with Gasteiger partial charge in [0.25, 0.3) is 11.8 Å². The van der Waals surface area contributed by atoms with Crippen molar-refractivity contribution in [3.05, 3.63) is 111 Å². The zero-order valence-corrected chi connectivity index (χ0v) is 31.1. The van der Waals surface area contributed by atoms with E-state index in [1.807, 2.05) is 36.4 Å². The van der Waals surface area contributed by atoms with Crippen LogP contribution in [0, 0.1) is 5.92 Å². The number of nitrogens with one attached hydrogen (secondary N) is 2. The lowest BCUT2D eigenvalue weighted by Crippen LogP contribution is -2.40. The maximum absolute atomic E-state index is 13.8. The molecule has 11 nitrogen and oxygen atoms in total. The van der Waals surface area contributed by atoms with Crippen molar-refractivity contribution >= 4 is 55.8 Å². The van der Waals surface area contributed by atoms with E-state index in [1.54, 1.807) is 12.1 Å². The van der Waals surface area contributed by atoms with E-state index in [9.17, 15) is 32.7 Å². The number of hydrogen-bond acceptors (Lipinski definition) is 7. The summed E-state index contributed by atoms with van der Waals surface area (Å²) in [5.74, 6) is -3.12. The fourth-order valence-electron chi connectivity index (χ4n) is 7.18. The Kier molecular flexibility index (Phi) is 11.8. The Labute approximate surface area is 313 Å². The van der Waals surface area contributed by atoms with Gasteiger partial charge in [-0.1, -0.05) is 30.3 Å². The molecule has 1 fully saturated rings. The Morgan fingerprint density at radius 3 is 2.08 bits per heavy atom. The van der Waals surface area contributed by atoms with Gasteiger partial charge in [-0.15, -0.1) is 11.3 Å². The maximum atomic E-state index is 13.8. The van der Waals surface area contributed by atoms with Gasteiger partial charge in [-0.3, -0.25) is 14.4 Å². The number of rotatable bonds is 13. The van der Waals surface area contributed by atoms with Gasteiger partial charge in [0, 0.05) is 29.2 Å². The number of carbonyl (C=O) groups excluding carboxylic acids is 2. The highest BCUT2D eigenvalue weighted by Crippen LogP contribution is 2.39. The van der Waals surface area contributed by atoms with E-state index in [0.29, 0.717) is 41.9 Å². The highest BCUT2D eigenvalue weighted by atomic mass is 32.2. The van der Waals surface area contributed by atoms with E-state index in [1.165, 1.54) is 47.0 Å². The average molecular weight is 758 g/mol. The van der Waals surface area contributed by atoms with Crippen LogP contribution < -0.4 is 10.6 Å². The van der Waals surface area contributed by atoms with Crippen LogP contribution in [0.25, 0.3) is 0 Å². The Morgan fingerprint density at radius 1 is 0.792 bits per heavy atom. The SMILES string of the molecule is CN([C@H]1CC[C@H](C(=O)O)CC1)S(=O)(=O)c1cccc(C(=O)Nc2sc3c(c2C(=O)Nc2ccc(CCCc4ccc(C(=O)O)cc4)cc2)CCCC3)c1. The van der Waals surface area contributed by atoms with Gasteiger partial charge in [0.2, 0.25) is 10.0 Å². The van der Waals surface area contributed by atoms with Crippen molar-refractivity contribution in [2.24, 2.45) is 5.92 Å². The first-order valence-electron chi connectivity index (χ1n) is 17.9. The van der Waals surface area contributed by atoms with Crippen LogP contribution in [0.1, 0.15) is 97.6 Å². The van der Waals surface area contributed by atoms with Gasteiger partial charge in [0.05, 0.1) is 21.9 Å². The highest BCUT2D eigenvalue weighted by Gasteiger charge is 2.34. The molecule has 6 rings (SSSR count). The molecule has 1 heterocycles. The zero-order valence-electron chi connectivity index (χ0n) is 29.5. The van der Waals surface area contributed by atoms with Gasteiger partial charge in [0.15, 0.2) is 0 Å². The van der Waals surface area contributed by atoms with Crippen LogP contribution >= 0.6 is 11.3 Å². The Balaban J connectivity index is 1.11. The summed E-state index contributed by atoms with van der Waals surface area (Å²) in [7, 11) is -2.47. The minimum absolute atomic E-state index is 0.0331. The van der Waals surface area contributed by atoms with Crippen LogP contribution in [0.5, 0.6) is 0 Å². The third kappa shape index (κ3) is 8.86. The first kappa shape index (κ1) is 37.9. The number of aryl methyl sites for hydroxylation is 3. The van der Waals surface area contributed by atoms with Crippen molar-refractivity contribution in [3.8, 4) is 0 Å². The quantitative estimate of drug-likeness (QED) is 0.110. The number of carboxylic acid groups (broad SMARTS) is 2. The molecule has 3 aromatic carbocycles. The number of benzene rings is 3. The number of carboxylic acids is 2. The van der Waals surface area contributed by atoms with Crippen LogP contribution in [0.4, 0.5) is 10.7 Å². The zero-order chi connectivity index (χ0) is 37.7. The molecule has 4 N–H and O–H groups in total. The van der Waals surface area contributed by atoms with E-state index in [4.69, 9.17) is 5.11 Å². The monoisotopic (exact) mass is 757 g/mol. The van der Waals surface area contributed by atoms with Gasteiger partial charge in [-0.2, -0.15) is 4.31 Å². The maximum Gasteiger partial charge on any atom is 0.335 e. The van der Waals surface area contributed by atoms with Crippen LogP contribution in [0.3, 0.4) is 0 Å². The summed E-state index contributed by atoms with van der Waals surface area (Å²) in [5, 5.41) is 24.8. The fraction of sp³-hybridized carbons (Fsp3) is 0.350. The van der Waals surface area contributed by atoms with Crippen molar-refractivity contribution in [3.63, 3.8) is 0 Å². The molecule has 2 aliphatic carbocycles. The highest BCUT2D eigenvalue weighted by molar-refractivity contribution is 7.89. The van der Waals surface area contributed by atoms with Gasteiger partial charge in [-0.25, -0.2) is 13.2 Å². The fourth-order valence-corrected chi connectivity index (χ4v) is 9.92. The number of thiophene rings is 1. The molecule has 0 radical (unpaired) electrons. The molecule has 0 unspecified atom stereocenters. The van der Waals surface area contributed by atoms with E-state index in [-0.39, 0.29) is 28.0 Å². The second kappa shape index (κ2) is 16.4. The van der Waals surface area contributed by atoms with Gasteiger partial charge >= 0.3 is 11.9 Å². The van der Waals surface area contributed by atoms with Crippen LogP contribution in [-0.2, 0) is 40.5 Å². The number of hydrogen-bond donors (Lipinski definition) is 4. The van der Waals surface area contributed by atoms with Crippen LogP contribution in [0.2, 0.25) is 0 Å². The molecule has 278 valence electrons. The number of aliphatic carboxylic acids is 1. The van der Waals surface area contributed by atoms with Crippen molar-refractivity contribution in [1.29, 1.82) is 0 Å². The smallest absolute Gasteiger partial charge is 0.335 e. The summed E-state index contributed by atoms with van der Waals surface area (Å²) in [5.41, 5.74) is 4.55. The molecule has 0 spiro atoms. The molecule has 0 atom stereocenters. The molecule has 1 aromatic heterocycles. The normalized spacial score (nSPS) is 17.2. The molecule has 53 heavy (non-hydrogen) atoms. The third-order valence-electron chi connectivity index (χ3n) is 10.3. The van der Waals surface area contributed by atoms with Gasteiger partial charge in [-0.05, 0) is 130 Å². The summed E-state index contributed by atoms with van der Waals surface area (Å²) in [6.45, 7) is 0. The average Bonchev–Trinajstić information content (AvgIpc) is 3.53. The number of carbonyl (C=O) groups is 4. The minimum atomic E-state index is -3.96. The number of amides is 2. The molecular weight excluding hydrogens is 715 g/mol. The van der Waals surface area contributed by atoms with E-state index >= 15 is 0 Å². The standard InChI is InChI=1S/C40H43N3O8S2/c1-43(31-22-18-28(19-23-31)40(48)49)53(50,51)32-9-5-8-29(24-32)36(44)42-38-35(33-10-2-3-11-34(33)52-38)37(45)41-30-20-14-26(15-21-30)7-4-6-25-12-16-27(17-13-25)39(46)47/h5,8-9,12-17,20-21,24,28,31H,2-4,6-7,10-11,18-19,22-23H2,1H3,(H,41,45)(H,42,44)(H,46,47)(H,48,49)/t28-,31-. The third-order valence-corrected chi connectivity index (χ3v) is 13.4. The summed E-state index contributed by atoms with van der Waals surface area (Å²) in [4.78, 5) is 51.0. The number of nitrogens with zero attached hydrogens (tertiary/aromatic N) is 1. The number of aromatic carboxylic acids is 1. The molecule has 4 aromatic rings. The first-order chi connectivity index (χ1) is 25.4. The van der Waals surface area contributed by atoms with Crippen molar-refractivity contribution in [2.75, 3.05) is 17.7 Å². The predicted octanol–water partition coefficient (Wildman–Crippen LogP) is 7.27. The minimum Gasteiger partial charge on any atom is -0.481 e. The van der Waals surface area contributed by atoms with Gasteiger partial charge < -0.3 is 20.8 Å². The topological polar surface area (TPSA) is 170 Å². The van der Waals surface area contributed by atoms with Crippen LogP contribution in [0.15, 0.2) is 77.7 Å². The number of sulfonamides is 1. The Bertz CT molecular complexity index is 2100. The molecule has 2 amide bonds. The van der Waals surface area contributed by atoms with E-state index in [2.05, 4.69) is 10.6 Å². The van der Waals surface area contributed by atoms with Crippen molar-refractivity contribution in [2.45, 2.75) is 81.6 Å². The van der Waals surface area contributed by atoms with Crippen LogP contribution in [-0.4, -0.2) is 59.8 Å². The van der Waals surface area contributed by atoms with E-state index < -0.39 is 33.8 Å². The number of anilines is 2. The largest absolute Gasteiger partial charge is 0.481 e. The second-order valence-corrected chi connectivity index (χ2v) is 16.9. The Morgan fingerprint density at radius 2 is 1.43 bits per heavy atom. The number of fused-ring (bicyclic) bond motifs is 1. The molecule has 0 aliphatic heterocycles. The van der Waals surface area contributed by atoms with Gasteiger partial charge in [0.1, 0.15) is 5.00 Å². The molecule has 0 bridgehead atoms.